The number of likely N-dealkylation sites (tertiary alicyclic amines) is 1. The number of anilines is 1. The Morgan fingerprint density at radius 2 is 2.13 bits per heavy atom. The number of aryl methyl sites for hydroxylation is 1. The summed E-state index contributed by atoms with van der Waals surface area (Å²) in [7, 11) is 1.67. The summed E-state index contributed by atoms with van der Waals surface area (Å²) in [6.07, 6.45) is 3.21. The Kier molecular flexibility index (Phi) is 6.39. The van der Waals surface area contributed by atoms with Crippen molar-refractivity contribution in [2.45, 2.75) is 51.5 Å². The van der Waals surface area contributed by atoms with Crippen LogP contribution in [0.1, 0.15) is 50.3 Å². The predicted molar refractivity (Wildman–Crippen MR) is 123 cm³/mol. The molecule has 2 aromatic heterocycles. The van der Waals surface area contributed by atoms with Crippen LogP contribution in [0.25, 0.3) is 11.0 Å². The lowest BCUT2D eigenvalue weighted by molar-refractivity contribution is -0.132. The number of aromatic amines is 1. The number of piperidine rings is 1. The molecule has 7 nitrogen and oxygen atoms in total. The number of carbonyl (C=O) groups excluding carboxylic acids is 1. The van der Waals surface area contributed by atoms with Crippen molar-refractivity contribution in [3.8, 4) is 5.75 Å². The zero-order chi connectivity index (χ0) is 21.8. The summed E-state index contributed by atoms with van der Waals surface area (Å²) in [5, 5.41) is 11.7. The highest BCUT2D eigenvalue weighted by Crippen LogP contribution is 2.29. The number of pyridine rings is 1. The quantitative estimate of drug-likeness (QED) is 0.599. The van der Waals surface area contributed by atoms with Crippen molar-refractivity contribution in [2.24, 2.45) is 0 Å². The maximum absolute atomic E-state index is 12.9. The minimum absolute atomic E-state index is 0.196. The number of hydrogen-bond acceptors (Lipinski definition) is 5. The van der Waals surface area contributed by atoms with Crippen molar-refractivity contribution in [1.29, 1.82) is 0 Å². The van der Waals surface area contributed by atoms with Crippen molar-refractivity contribution in [1.82, 2.24) is 20.1 Å². The van der Waals surface area contributed by atoms with Gasteiger partial charge in [0.2, 0.25) is 5.91 Å². The van der Waals surface area contributed by atoms with Crippen LogP contribution in [0.2, 0.25) is 0 Å². The van der Waals surface area contributed by atoms with Crippen LogP contribution < -0.4 is 10.1 Å². The molecule has 1 fully saturated rings. The van der Waals surface area contributed by atoms with Crippen LogP contribution in [-0.4, -0.2) is 52.2 Å². The van der Waals surface area contributed by atoms with Gasteiger partial charge in [-0.1, -0.05) is 18.2 Å². The van der Waals surface area contributed by atoms with Crippen molar-refractivity contribution in [3.05, 3.63) is 47.7 Å². The molecule has 0 spiro atoms. The molecule has 1 amide bonds. The number of nitrogens with zero attached hydrogens (tertiary/aromatic N) is 3. The van der Waals surface area contributed by atoms with Gasteiger partial charge in [-0.3, -0.25) is 9.89 Å². The molecule has 0 radical (unpaired) electrons. The highest BCUT2D eigenvalue weighted by atomic mass is 16.5. The van der Waals surface area contributed by atoms with E-state index in [1.165, 1.54) is 0 Å². The van der Waals surface area contributed by atoms with Gasteiger partial charge in [0.25, 0.3) is 0 Å². The maximum Gasteiger partial charge on any atom is 0.222 e. The molecular weight excluding hydrogens is 390 g/mol. The van der Waals surface area contributed by atoms with E-state index in [1.807, 2.05) is 29.2 Å². The Hall–Kier alpha value is -3.09. The minimum atomic E-state index is 0.196. The van der Waals surface area contributed by atoms with Gasteiger partial charge in [0.15, 0.2) is 11.5 Å². The van der Waals surface area contributed by atoms with E-state index < -0.39 is 0 Å². The van der Waals surface area contributed by atoms with E-state index in [-0.39, 0.29) is 11.8 Å². The monoisotopic (exact) mass is 421 g/mol. The number of methoxy groups -OCH3 is 1. The predicted octanol–water partition coefficient (Wildman–Crippen LogP) is 4.13. The first-order valence-electron chi connectivity index (χ1n) is 11.1. The normalized spacial score (nSPS) is 16.6. The second-order valence-electron chi connectivity index (χ2n) is 8.49. The molecule has 1 aliphatic rings. The molecule has 1 saturated heterocycles. The molecule has 31 heavy (non-hydrogen) atoms. The van der Waals surface area contributed by atoms with E-state index in [2.05, 4.69) is 41.5 Å². The summed E-state index contributed by atoms with van der Waals surface area (Å²) in [6.45, 7) is 5.71. The van der Waals surface area contributed by atoms with Gasteiger partial charge in [-0.2, -0.15) is 5.10 Å². The lowest BCUT2D eigenvalue weighted by Crippen LogP contribution is -2.39. The van der Waals surface area contributed by atoms with Crippen LogP contribution in [0, 0.1) is 0 Å². The summed E-state index contributed by atoms with van der Waals surface area (Å²) in [5.74, 6) is 2.12. The van der Waals surface area contributed by atoms with Crippen LogP contribution in [0.4, 0.5) is 5.82 Å². The molecule has 7 heteroatoms. The van der Waals surface area contributed by atoms with Gasteiger partial charge in [-0.15, -0.1) is 0 Å². The van der Waals surface area contributed by atoms with Crippen LogP contribution in [0.5, 0.6) is 5.75 Å². The summed E-state index contributed by atoms with van der Waals surface area (Å²) in [6, 6.07) is 12.4. The molecule has 3 heterocycles. The lowest BCUT2D eigenvalue weighted by atomic mass is 9.93. The van der Waals surface area contributed by atoms with Gasteiger partial charge in [0.05, 0.1) is 12.5 Å². The number of carbonyl (C=O) groups is 1. The summed E-state index contributed by atoms with van der Waals surface area (Å²) < 4.78 is 5.41. The third-order valence-electron chi connectivity index (χ3n) is 5.86. The number of para-hydroxylation sites is 1. The van der Waals surface area contributed by atoms with Gasteiger partial charge in [0.1, 0.15) is 5.75 Å². The van der Waals surface area contributed by atoms with Crippen LogP contribution in [0.3, 0.4) is 0 Å². The first kappa shape index (κ1) is 21.2. The number of benzene rings is 1. The largest absolute Gasteiger partial charge is 0.496 e. The summed E-state index contributed by atoms with van der Waals surface area (Å²) >= 11 is 0. The molecular formula is C24H31N5O2. The van der Waals surface area contributed by atoms with Crippen LogP contribution >= 0.6 is 0 Å². The molecule has 1 aliphatic heterocycles. The maximum atomic E-state index is 12.9. The zero-order valence-electron chi connectivity index (χ0n) is 18.5. The van der Waals surface area contributed by atoms with Gasteiger partial charge in [-0.05, 0) is 56.9 Å². The Labute approximate surface area is 183 Å². The SMILES string of the molecule is COc1ccccc1CCC(=O)N1CCCC(c2ccc3c(NC(C)C)n[nH]c3n2)C1. The van der Waals surface area contributed by atoms with Gasteiger partial charge >= 0.3 is 0 Å². The van der Waals surface area contributed by atoms with E-state index >= 15 is 0 Å². The molecule has 4 rings (SSSR count). The average Bonchev–Trinajstić information content (AvgIpc) is 3.19. The first-order valence-corrected chi connectivity index (χ1v) is 11.1. The zero-order valence-corrected chi connectivity index (χ0v) is 18.5. The van der Waals surface area contributed by atoms with E-state index in [9.17, 15) is 4.79 Å². The molecule has 3 aromatic rings. The lowest BCUT2D eigenvalue weighted by Gasteiger charge is -2.32. The third kappa shape index (κ3) is 4.81. The number of ether oxygens (including phenoxy) is 1. The van der Waals surface area contributed by atoms with E-state index in [0.29, 0.717) is 25.4 Å². The van der Waals surface area contributed by atoms with Gasteiger partial charge in [-0.25, -0.2) is 4.98 Å². The first-order chi connectivity index (χ1) is 15.0. The molecule has 164 valence electrons. The Bertz CT molecular complexity index is 1050. The number of aromatic nitrogens is 3. The van der Waals surface area contributed by atoms with Crippen molar-refractivity contribution in [2.75, 3.05) is 25.5 Å². The van der Waals surface area contributed by atoms with Gasteiger partial charge in [0, 0.05) is 37.2 Å². The van der Waals surface area contributed by atoms with Gasteiger partial charge < -0.3 is 15.0 Å². The second-order valence-corrected chi connectivity index (χ2v) is 8.49. The van der Waals surface area contributed by atoms with Crippen molar-refractivity contribution in [3.63, 3.8) is 0 Å². The highest BCUT2D eigenvalue weighted by molar-refractivity contribution is 5.87. The molecule has 2 N–H and O–H groups in total. The number of nitrogens with one attached hydrogen (secondary N) is 2. The van der Waals surface area contributed by atoms with E-state index in [1.54, 1.807) is 7.11 Å². The Morgan fingerprint density at radius 1 is 1.29 bits per heavy atom. The van der Waals surface area contributed by atoms with Crippen LogP contribution in [-0.2, 0) is 11.2 Å². The fraction of sp³-hybridized carbons (Fsp3) is 0.458. The average molecular weight is 422 g/mol. The van der Waals surface area contributed by atoms with E-state index in [4.69, 9.17) is 9.72 Å². The molecule has 1 unspecified atom stereocenters. The number of rotatable bonds is 7. The Balaban J connectivity index is 1.41. The number of amides is 1. The standard InChI is InChI=1S/C24H31N5O2/c1-16(2)25-23-19-11-12-20(26-24(19)28-27-23)18-8-6-14-29(15-18)22(30)13-10-17-7-4-5-9-21(17)31-3/h4-5,7,9,11-12,16,18H,6,8,10,13-15H2,1-3H3,(H2,25,26,27,28). The minimum Gasteiger partial charge on any atom is -0.496 e. The Morgan fingerprint density at radius 3 is 2.94 bits per heavy atom. The number of H-pyrrole nitrogens is 1. The molecule has 0 aliphatic carbocycles. The summed E-state index contributed by atoms with van der Waals surface area (Å²) in [5.41, 5.74) is 2.89. The molecule has 0 saturated carbocycles. The molecule has 1 aromatic carbocycles. The summed E-state index contributed by atoms with van der Waals surface area (Å²) in [4.78, 5) is 19.7. The number of hydrogen-bond donors (Lipinski definition) is 2. The fourth-order valence-corrected chi connectivity index (χ4v) is 4.28. The number of fused-ring (bicyclic) bond motifs is 1. The van der Waals surface area contributed by atoms with Crippen molar-refractivity contribution < 1.29 is 9.53 Å². The second kappa shape index (κ2) is 9.37. The molecule has 1 atom stereocenters. The third-order valence-corrected chi connectivity index (χ3v) is 5.86. The van der Waals surface area contributed by atoms with E-state index in [0.717, 1.165) is 53.2 Å². The smallest absolute Gasteiger partial charge is 0.222 e. The topological polar surface area (TPSA) is 83.1 Å². The molecule has 0 bridgehead atoms. The van der Waals surface area contributed by atoms with Crippen LogP contribution in [0.15, 0.2) is 36.4 Å². The highest BCUT2D eigenvalue weighted by Gasteiger charge is 2.26. The fourth-order valence-electron chi connectivity index (χ4n) is 4.28. The van der Waals surface area contributed by atoms with Crippen molar-refractivity contribution >= 4 is 22.8 Å².